The third-order valence-electron chi connectivity index (χ3n) is 8.76. The average Bonchev–Trinajstić information content (AvgIpc) is 3.55. The first-order valence-corrected chi connectivity index (χ1v) is 17.4. The molecule has 0 bridgehead atoms. The molecule has 9 rings (SSSR count). The third kappa shape index (κ3) is 4.87. The van der Waals surface area contributed by atoms with E-state index in [0.29, 0.717) is 17.5 Å². The predicted octanol–water partition coefficient (Wildman–Crippen LogP) is 10.7. The van der Waals surface area contributed by atoms with Crippen molar-refractivity contribution in [2.75, 3.05) is 0 Å². The first-order chi connectivity index (χ1) is 23.3. The minimum atomic E-state index is 0.0451. The van der Waals surface area contributed by atoms with Crippen molar-refractivity contribution in [1.82, 2.24) is 15.0 Å². The summed E-state index contributed by atoms with van der Waals surface area (Å²) < 4.78 is 2.72. The molecule has 0 aliphatic heterocycles. The summed E-state index contributed by atoms with van der Waals surface area (Å²) in [6, 6.07) is 57.8. The van der Waals surface area contributed by atoms with E-state index in [-0.39, 0.29) is 14.5 Å². The molecule has 2 aromatic heterocycles. The van der Waals surface area contributed by atoms with Crippen molar-refractivity contribution < 1.29 is 0 Å². The van der Waals surface area contributed by atoms with Gasteiger partial charge >= 0.3 is 280 Å². The van der Waals surface area contributed by atoms with Crippen molar-refractivity contribution in [2.45, 2.75) is 0 Å². The van der Waals surface area contributed by atoms with E-state index in [1.54, 1.807) is 0 Å². The van der Waals surface area contributed by atoms with Crippen LogP contribution in [0, 0.1) is 0 Å². The summed E-state index contributed by atoms with van der Waals surface area (Å²) in [6.07, 6.45) is 0. The van der Waals surface area contributed by atoms with E-state index in [1.165, 1.54) is 52.3 Å². The summed E-state index contributed by atoms with van der Waals surface area (Å²) in [6.45, 7) is 0. The van der Waals surface area contributed by atoms with Gasteiger partial charge in [0.25, 0.3) is 0 Å². The van der Waals surface area contributed by atoms with Crippen molar-refractivity contribution in [3.05, 3.63) is 164 Å². The quantitative estimate of drug-likeness (QED) is 0.172. The van der Waals surface area contributed by atoms with Gasteiger partial charge in [0.05, 0.1) is 0 Å². The zero-order valence-corrected chi connectivity index (χ0v) is 27.1. The number of rotatable bonds is 5. The van der Waals surface area contributed by atoms with Gasteiger partial charge in [0.2, 0.25) is 0 Å². The Labute approximate surface area is 278 Å². The van der Waals surface area contributed by atoms with Crippen molar-refractivity contribution in [1.29, 1.82) is 0 Å². The molecule has 0 atom stereocenters. The monoisotopic (exact) mass is 665 g/mol. The second-order valence-electron chi connectivity index (χ2n) is 11.6. The van der Waals surface area contributed by atoms with Gasteiger partial charge in [-0.2, -0.15) is 0 Å². The van der Waals surface area contributed by atoms with Gasteiger partial charge in [0, 0.05) is 0 Å². The Bertz CT molecular complexity index is 2500. The van der Waals surface area contributed by atoms with Crippen LogP contribution in [0.1, 0.15) is 0 Å². The summed E-state index contributed by atoms with van der Waals surface area (Å²) in [5.74, 6) is 2.07. The molecule has 0 aliphatic rings. The first-order valence-electron chi connectivity index (χ1n) is 15.7. The Balaban J connectivity index is 1.26. The van der Waals surface area contributed by atoms with Crippen LogP contribution in [0.3, 0.4) is 0 Å². The van der Waals surface area contributed by atoms with Crippen LogP contribution in [-0.4, -0.2) is 29.5 Å². The van der Waals surface area contributed by atoms with Gasteiger partial charge in [-0.25, -0.2) is 0 Å². The van der Waals surface area contributed by atoms with E-state index in [9.17, 15) is 0 Å². The number of hydrogen-bond donors (Lipinski definition) is 0. The van der Waals surface area contributed by atoms with E-state index >= 15 is 0 Å². The number of benzene rings is 7. The van der Waals surface area contributed by atoms with Crippen LogP contribution in [0.15, 0.2) is 164 Å². The maximum atomic E-state index is 5.09. The molecule has 4 heteroatoms. The Hall–Kier alpha value is -5.67. The van der Waals surface area contributed by atoms with E-state index in [4.69, 9.17) is 15.0 Å². The molecule has 0 radical (unpaired) electrons. The molecule has 0 fully saturated rings. The van der Waals surface area contributed by atoms with Gasteiger partial charge in [-0.1, -0.05) is 0 Å². The van der Waals surface area contributed by atoms with Gasteiger partial charge < -0.3 is 0 Å². The number of nitrogens with zero attached hydrogens (tertiary/aromatic N) is 3. The van der Waals surface area contributed by atoms with Gasteiger partial charge in [-0.05, 0) is 0 Å². The van der Waals surface area contributed by atoms with Crippen molar-refractivity contribution >= 4 is 44.6 Å². The molecule has 0 spiro atoms. The van der Waals surface area contributed by atoms with Gasteiger partial charge in [-0.15, -0.1) is 0 Å². The molecule has 0 saturated carbocycles. The molecule has 0 N–H and O–H groups in total. The summed E-state index contributed by atoms with van der Waals surface area (Å²) in [7, 11) is 0. The average molecular weight is 665 g/mol. The molecule has 9 aromatic rings. The topological polar surface area (TPSA) is 38.7 Å². The van der Waals surface area contributed by atoms with Crippen molar-refractivity contribution in [3.8, 4) is 56.4 Å². The molecule has 220 valence electrons. The van der Waals surface area contributed by atoms with Crippen LogP contribution >= 0.6 is 0 Å². The van der Waals surface area contributed by atoms with Crippen LogP contribution in [0.5, 0.6) is 0 Å². The van der Waals surface area contributed by atoms with Crippen molar-refractivity contribution in [3.63, 3.8) is 0 Å². The zero-order chi connectivity index (χ0) is 31.2. The summed E-state index contributed by atoms with van der Waals surface area (Å²) in [5.41, 5.74) is 8.08. The van der Waals surface area contributed by atoms with Crippen LogP contribution in [-0.2, 0) is 0 Å². The molecular weight excluding hydrogens is 637 g/mol. The number of hydrogen-bond acceptors (Lipinski definition) is 3. The van der Waals surface area contributed by atoms with Crippen LogP contribution in [0.4, 0.5) is 0 Å². The Kier molecular flexibility index (Phi) is 6.82. The van der Waals surface area contributed by atoms with Gasteiger partial charge in [-0.3, -0.25) is 0 Å². The molecule has 47 heavy (non-hydrogen) atoms. The molecule has 7 aromatic carbocycles. The summed E-state index contributed by atoms with van der Waals surface area (Å²) >= 11 is 0.0451. The van der Waals surface area contributed by atoms with E-state index < -0.39 is 0 Å². The predicted molar refractivity (Wildman–Crippen MR) is 196 cm³/mol. The fourth-order valence-corrected chi connectivity index (χ4v) is 9.36. The van der Waals surface area contributed by atoms with Crippen LogP contribution < -0.4 is 0 Å². The third-order valence-corrected chi connectivity index (χ3v) is 11.5. The fourth-order valence-electron chi connectivity index (χ4n) is 6.55. The zero-order valence-electron chi connectivity index (χ0n) is 25.3. The van der Waals surface area contributed by atoms with Crippen LogP contribution in [0.2, 0.25) is 0 Å². The normalized spacial score (nSPS) is 11.4. The van der Waals surface area contributed by atoms with E-state index in [0.717, 1.165) is 16.7 Å². The Morgan fingerprint density at radius 2 is 0.681 bits per heavy atom. The van der Waals surface area contributed by atoms with E-state index in [1.807, 2.05) is 36.4 Å². The first kappa shape index (κ1) is 27.6. The standard InChI is InChI=1S/C43H27N3Se/c1-4-14-28(15-5-1)31-20-10-22-33-32(31)21-11-23-34(33)35-24-12-25-36-37-26-13-27-38(40(37)47-39(35)36)43-45-41(29-16-6-2-7-17-29)44-42(46-43)30-18-8-3-9-19-30/h1-27H. The van der Waals surface area contributed by atoms with Gasteiger partial charge in [0.15, 0.2) is 0 Å². The second kappa shape index (κ2) is 11.6. The molecule has 0 saturated heterocycles. The SMILES string of the molecule is c1ccc(-c2nc(-c3ccccc3)nc(-c3cccc4c3[se]c3c(-c5cccc6c(-c7ccccc7)cccc56)cccc34)n2)cc1. The van der Waals surface area contributed by atoms with Crippen molar-refractivity contribution in [2.24, 2.45) is 0 Å². The fraction of sp³-hybridized carbons (Fsp3) is 0. The Morgan fingerprint density at radius 1 is 0.277 bits per heavy atom. The second-order valence-corrected chi connectivity index (χ2v) is 13.7. The maximum absolute atomic E-state index is 5.09. The number of aromatic nitrogens is 3. The Morgan fingerprint density at radius 3 is 1.26 bits per heavy atom. The van der Waals surface area contributed by atoms with Crippen LogP contribution in [0.25, 0.3) is 86.5 Å². The molecule has 3 nitrogen and oxygen atoms in total. The molecule has 2 heterocycles. The molecule has 0 aliphatic carbocycles. The minimum absolute atomic E-state index is 0.0451. The molecular formula is C43H27N3Se. The molecule has 0 amide bonds. The van der Waals surface area contributed by atoms with E-state index in [2.05, 4.69) is 127 Å². The summed E-state index contributed by atoms with van der Waals surface area (Å²) in [5, 5.41) is 5.11. The van der Waals surface area contributed by atoms with Gasteiger partial charge in [0.1, 0.15) is 0 Å². The summed E-state index contributed by atoms with van der Waals surface area (Å²) in [4.78, 5) is 15.1. The molecule has 0 unspecified atom stereocenters. The number of fused-ring (bicyclic) bond motifs is 4.